The van der Waals surface area contributed by atoms with Gasteiger partial charge in [0.1, 0.15) is 5.75 Å². The summed E-state index contributed by atoms with van der Waals surface area (Å²) in [6, 6.07) is 9.46. The van der Waals surface area contributed by atoms with Crippen molar-refractivity contribution in [2.24, 2.45) is 11.8 Å². The van der Waals surface area contributed by atoms with Gasteiger partial charge in [0.2, 0.25) is 0 Å². The van der Waals surface area contributed by atoms with Crippen LogP contribution in [0.4, 0.5) is 0 Å². The molecule has 0 spiro atoms. The van der Waals surface area contributed by atoms with E-state index in [1.807, 2.05) is 12.1 Å². The minimum Gasteiger partial charge on any atom is -0.493 e. The summed E-state index contributed by atoms with van der Waals surface area (Å²) < 4.78 is 5.67. The third-order valence-electron chi connectivity index (χ3n) is 3.22. The molecule has 2 atom stereocenters. The second-order valence-electron chi connectivity index (χ2n) is 4.27. The predicted octanol–water partition coefficient (Wildman–Crippen LogP) is 2.98. The maximum Gasteiger partial charge on any atom is 0.120 e. The number of rotatable bonds is 3. The van der Waals surface area contributed by atoms with Crippen molar-refractivity contribution in [1.82, 2.24) is 0 Å². The van der Waals surface area contributed by atoms with Gasteiger partial charge >= 0.3 is 0 Å². The molecule has 0 unspecified atom stereocenters. The highest BCUT2D eigenvalue weighted by Crippen LogP contribution is 2.33. The van der Waals surface area contributed by atoms with Crippen LogP contribution in [0.2, 0.25) is 0 Å². The molecule has 0 N–H and O–H groups in total. The van der Waals surface area contributed by atoms with Gasteiger partial charge in [-0.25, -0.2) is 0 Å². The minimum atomic E-state index is 0.661. The lowest BCUT2D eigenvalue weighted by atomic mass is 9.75. The van der Waals surface area contributed by atoms with Gasteiger partial charge in [0.15, 0.2) is 0 Å². The number of ether oxygens (including phenoxy) is 1. The van der Waals surface area contributed by atoms with E-state index in [1.54, 1.807) is 12.1 Å². The molecule has 1 aliphatic rings. The van der Waals surface area contributed by atoms with E-state index in [0.29, 0.717) is 11.5 Å². The molecule has 0 heterocycles. The smallest absolute Gasteiger partial charge is 0.120 e. The maximum absolute atomic E-state index is 8.73. The Kier molecular flexibility index (Phi) is 2.91. The van der Waals surface area contributed by atoms with Gasteiger partial charge in [-0.15, -0.1) is 0 Å². The van der Waals surface area contributed by atoms with Crippen molar-refractivity contribution in [3.05, 3.63) is 29.8 Å². The van der Waals surface area contributed by atoms with Gasteiger partial charge in [0.05, 0.1) is 18.2 Å². The lowest BCUT2D eigenvalue weighted by Gasteiger charge is -2.33. The highest BCUT2D eigenvalue weighted by atomic mass is 16.5. The highest BCUT2D eigenvalue weighted by Gasteiger charge is 2.26. The van der Waals surface area contributed by atoms with Gasteiger partial charge in [-0.05, 0) is 42.9 Å². The second kappa shape index (κ2) is 4.35. The van der Waals surface area contributed by atoms with Gasteiger partial charge in [-0.2, -0.15) is 5.26 Å². The van der Waals surface area contributed by atoms with E-state index in [2.05, 4.69) is 13.0 Å². The van der Waals surface area contributed by atoms with Crippen LogP contribution in [0.3, 0.4) is 0 Å². The molecule has 0 radical (unpaired) electrons. The van der Waals surface area contributed by atoms with Gasteiger partial charge < -0.3 is 4.74 Å². The van der Waals surface area contributed by atoms with Crippen molar-refractivity contribution in [3.8, 4) is 11.8 Å². The van der Waals surface area contributed by atoms with E-state index in [0.717, 1.165) is 18.3 Å². The Hall–Kier alpha value is -1.49. The van der Waals surface area contributed by atoms with E-state index < -0.39 is 0 Å². The first-order valence-corrected chi connectivity index (χ1v) is 5.42. The van der Waals surface area contributed by atoms with Crippen LogP contribution in [-0.4, -0.2) is 6.61 Å². The van der Waals surface area contributed by atoms with Crippen molar-refractivity contribution < 1.29 is 4.74 Å². The van der Waals surface area contributed by atoms with Crippen molar-refractivity contribution in [3.63, 3.8) is 0 Å². The van der Waals surface area contributed by atoms with Crippen LogP contribution >= 0.6 is 0 Å². The van der Waals surface area contributed by atoms with Crippen LogP contribution in [-0.2, 0) is 0 Å². The summed E-state index contributed by atoms with van der Waals surface area (Å²) in [5, 5.41) is 8.73. The molecule has 1 aliphatic carbocycles. The molecule has 2 nitrogen and oxygen atoms in total. The summed E-state index contributed by atoms with van der Waals surface area (Å²) in [5.74, 6) is 2.31. The van der Waals surface area contributed by atoms with E-state index >= 15 is 0 Å². The second-order valence-corrected chi connectivity index (χ2v) is 4.27. The van der Waals surface area contributed by atoms with Crippen LogP contribution in [0.1, 0.15) is 25.3 Å². The first-order valence-electron chi connectivity index (χ1n) is 5.42. The zero-order valence-corrected chi connectivity index (χ0v) is 8.94. The van der Waals surface area contributed by atoms with Gasteiger partial charge in [-0.1, -0.05) is 13.0 Å². The lowest BCUT2D eigenvalue weighted by Crippen LogP contribution is -2.28. The molecule has 1 aromatic rings. The van der Waals surface area contributed by atoms with Gasteiger partial charge in [-0.3, -0.25) is 0 Å². The van der Waals surface area contributed by atoms with Crippen molar-refractivity contribution in [2.45, 2.75) is 19.8 Å². The van der Waals surface area contributed by atoms with Crippen molar-refractivity contribution in [2.75, 3.05) is 6.61 Å². The Labute approximate surface area is 90.5 Å². The molecule has 2 heteroatoms. The van der Waals surface area contributed by atoms with Crippen LogP contribution in [0.15, 0.2) is 24.3 Å². The van der Waals surface area contributed by atoms with E-state index in [4.69, 9.17) is 10.00 Å². The normalized spacial score (nSPS) is 24.0. The number of hydrogen-bond acceptors (Lipinski definition) is 2. The number of nitriles is 1. The molecular formula is C13H15NO. The van der Waals surface area contributed by atoms with Crippen molar-refractivity contribution in [1.29, 1.82) is 5.26 Å². The summed E-state index contributed by atoms with van der Waals surface area (Å²) in [6.07, 6.45) is 2.60. The first kappa shape index (κ1) is 10.0. The fourth-order valence-corrected chi connectivity index (χ4v) is 1.84. The van der Waals surface area contributed by atoms with Crippen LogP contribution in [0.5, 0.6) is 5.75 Å². The topological polar surface area (TPSA) is 33.0 Å². The standard InChI is InChI=1S/C13H15NO/c1-10-5-6-12(10)9-15-13-4-2-3-11(7-13)8-14/h2-4,7,10,12H,5-6,9H2,1H3/t10-,12+/m0/s1. The Bertz CT molecular complexity index is 380. The molecule has 0 saturated heterocycles. The Balaban J connectivity index is 1.90. The quantitative estimate of drug-likeness (QED) is 0.753. The number of benzene rings is 1. The largest absolute Gasteiger partial charge is 0.493 e. The van der Waals surface area contributed by atoms with Crippen LogP contribution in [0, 0.1) is 23.2 Å². The molecule has 78 valence electrons. The molecule has 2 rings (SSSR count). The van der Waals surface area contributed by atoms with E-state index in [-0.39, 0.29) is 0 Å². The number of nitrogens with zero attached hydrogens (tertiary/aromatic N) is 1. The summed E-state index contributed by atoms with van der Waals surface area (Å²) in [4.78, 5) is 0. The fourth-order valence-electron chi connectivity index (χ4n) is 1.84. The molecular weight excluding hydrogens is 186 g/mol. The average Bonchev–Trinajstić information content (AvgIpc) is 2.27. The van der Waals surface area contributed by atoms with Crippen LogP contribution in [0.25, 0.3) is 0 Å². The average molecular weight is 201 g/mol. The maximum atomic E-state index is 8.73. The molecule has 0 aliphatic heterocycles. The Morgan fingerprint density at radius 1 is 1.47 bits per heavy atom. The summed E-state index contributed by atoms with van der Waals surface area (Å²) in [5.41, 5.74) is 0.661. The Morgan fingerprint density at radius 3 is 2.93 bits per heavy atom. The molecule has 1 saturated carbocycles. The predicted molar refractivity (Wildman–Crippen MR) is 58.5 cm³/mol. The van der Waals surface area contributed by atoms with E-state index in [9.17, 15) is 0 Å². The van der Waals surface area contributed by atoms with Gasteiger partial charge in [0, 0.05) is 0 Å². The number of hydrogen-bond donors (Lipinski definition) is 0. The van der Waals surface area contributed by atoms with Crippen molar-refractivity contribution >= 4 is 0 Å². The third kappa shape index (κ3) is 2.30. The summed E-state index contributed by atoms with van der Waals surface area (Å²) in [6.45, 7) is 3.05. The fraction of sp³-hybridized carbons (Fsp3) is 0.462. The monoisotopic (exact) mass is 201 g/mol. The molecule has 1 aromatic carbocycles. The van der Waals surface area contributed by atoms with Gasteiger partial charge in [0.25, 0.3) is 0 Å². The lowest BCUT2D eigenvalue weighted by molar-refractivity contribution is 0.116. The summed E-state index contributed by atoms with van der Waals surface area (Å²) >= 11 is 0. The first-order chi connectivity index (χ1) is 7.29. The zero-order chi connectivity index (χ0) is 10.7. The van der Waals surface area contributed by atoms with Crippen LogP contribution < -0.4 is 4.74 Å². The summed E-state index contributed by atoms with van der Waals surface area (Å²) in [7, 11) is 0. The SMILES string of the molecule is C[C@H]1CC[C@@H]1COc1cccc(C#N)c1. The Morgan fingerprint density at radius 2 is 2.33 bits per heavy atom. The molecule has 1 fully saturated rings. The molecule has 15 heavy (non-hydrogen) atoms. The molecule has 0 aromatic heterocycles. The minimum absolute atomic E-state index is 0.661. The van der Waals surface area contributed by atoms with E-state index in [1.165, 1.54) is 12.8 Å². The molecule has 0 amide bonds. The third-order valence-corrected chi connectivity index (χ3v) is 3.22. The zero-order valence-electron chi connectivity index (χ0n) is 8.94. The molecule has 0 bridgehead atoms. The highest BCUT2D eigenvalue weighted by molar-refractivity contribution is 5.36.